The van der Waals surface area contributed by atoms with E-state index >= 15 is 0 Å². The maximum absolute atomic E-state index is 12.6. The highest BCUT2D eigenvalue weighted by molar-refractivity contribution is 6.15. The highest BCUT2D eigenvalue weighted by Crippen LogP contribution is 2.62. The quantitative estimate of drug-likeness (QED) is 0.621. The van der Waals surface area contributed by atoms with Crippen molar-refractivity contribution in [3.05, 3.63) is 11.1 Å². The molecule has 0 aromatic carbocycles. The summed E-state index contributed by atoms with van der Waals surface area (Å²) in [5.74, 6) is -0.816. The van der Waals surface area contributed by atoms with Crippen LogP contribution in [-0.2, 0) is 23.9 Å². The van der Waals surface area contributed by atoms with E-state index in [0.717, 1.165) is 0 Å². The summed E-state index contributed by atoms with van der Waals surface area (Å²) in [6.45, 7) is 4.24. The van der Waals surface area contributed by atoms with E-state index in [4.69, 9.17) is 9.47 Å². The lowest BCUT2D eigenvalue weighted by molar-refractivity contribution is -0.160. The van der Waals surface area contributed by atoms with Gasteiger partial charge in [0.1, 0.15) is 0 Å². The van der Waals surface area contributed by atoms with E-state index in [0.29, 0.717) is 24.0 Å². The van der Waals surface area contributed by atoms with Gasteiger partial charge in [-0.25, -0.2) is 0 Å². The zero-order valence-electron chi connectivity index (χ0n) is 11.5. The Hall–Kier alpha value is -1.49. The maximum Gasteiger partial charge on any atom is 0.309 e. The van der Waals surface area contributed by atoms with E-state index in [1.54, 1.807) is 0 Å². The van der Waals surface area contributed by atoms with Crippen molar-refractivity contribution in [2.45, 2.75) is 39.4 Å². The molecule has 5 nitrogen and oxygen atoms in total. The van der Waals surface area contributed by atoms with Gasteiger partial charge in [-0.3, -0.25) is 14.4 Å². The Morgan fingerprint density at radius 2 is 1.85 bits per heavy atom. The third-order valence-electron chi connectivity index (χ3n) is 5.09. The van der Waals surface area contributed by atoms with Gasteiger partial charge in [0.05, 0.1) is 24.4 Å². The molecule has 0 amide bonds. The van der Waals surface area contributed by atoms with Crippen molar-refractivity contribution in [2.75, 3.05) is 6.61 Å². The number of Topliss-reactive ketones (excluding diaryl/α,β-unsaturated/α-hetero) is 2. The van der Waals surface area contributed by atoms with Crippen LogP contribution in [0.15, 0.2) is 11.1 Å². The van der Waals surface area contributed by atoms with Gasteiger partial charge in [-0.15, -0.1) is 0 Å². The molecule has 0 aromatic heterocycles. The Labute approximate surface area is 116 Å². The van der Waals surface area contributed by atoms with Crippen molar-refractivity contribution in [1.82, 2.24) is 0 Å². The van der Waals surface area contributed by atoms with Crippen LogP contribution >= 0.6 is 0 Å². The van der Waals surface area contributed by atoms with Crippen molar-refractivity contribution in [1.29, 1.82) is 0 Å². The maximum atomic E-state index is 12.6. The number of ketones is 2. The summed E-state index contributed by atoms with van der Waals surface area (Å²) in [5, 5.41) is 0. The smallest absolute Gasteiger partial charge is 0.309 e. The molecule has 5 heteroatoms. The average Bonchev–Trinajstić information content (AvgIpc) is 2.85. The fourth-order valence-electron chi connectivity index (χ4n) is 4.36. The van der Waals surface area contributed by atoms with Crippen molar-refractivity contribution < 1.29 is 23.9 Å². The van der Waals surface area contributed by atoms with Crippen molar-refractivity contribution >= 4 is 17.5 Å². The van der Waals surface area contributed by atoms with Crippen LogP contribution in [0.3, 0.4) is 0 Å². The van der Waals surface area contributed by atoms with Crippen LogP contribution in [0.5, 0.6) is 0 Å². The Morgan fingerprint density at radius 1 is 1.10 bits per heavy atom. The number of hydrogen-bond donors (Lipinski definition) is 0. The monoisotopic (exact) mass is 276 g/mol. The molecule has 2 aliphatic heterocycles. The summed E-state index contributed by atoms with van der Waals surface area (Å²) in [4.78, 5) is 36.9. The molecule has 0 aromatic rings. The first-order valence-corrected chi connectivity index (χ1v) is 6.97. The van der Waals surface area contributed by atoms with Crippen LogP contribution in [0.4, 0.5) is 0 Å². The van der Waals surface area contributed by atoms with Gasteiger partial charge < -0.3 is 9.47 Å². The van der Waals surface area contributed by atoms with Crippen LogP contribution in [-0.4, -0.2) is 30.4 Å². The predicted octanol–water partition coefficient (Wildman–Crippen LogP) is 1.16. The number of hydrogen-bond acceptors (Lipinski definition) is 5. The topological polar surface area (TPSA) is 69.7 Å². The number of carbonyl (C=O) groups is 3. The average molecular weight is 276 g/mol. The molecule has 0 bridgehead atoms. The SMILES string of the molecule is CC1(C)CC(=O)C2=C(C1)C(=O)[C@@H]1CO[C@H]3OC(=O)C[C@]231. The number of allylic oxidation sites excluding steroid dienone is 1. The lowest BCUT2D eigenvalue weighted by Crippen LogP contribution is -2.37. The molecule has 2 heterocycles. The second-order valence-electron chi connectivity index (χ2n) is 7.08. The zero-order chi connectivity index (χ0) is 14.3. The molecule has 4 rings (SSSR count). The standard InChI is InChI=1S/C15H16O5/c1-14(2)3-7-11(9(16)4-14)15-5-10(17)20-13(15)19-6-8(15)12(7)18/h8,13H,3-6H2,1-2H3/t8-,13-,15-/m0/s1. The fraction of sp³-hybridized carbons (Fsp3) is 0.667. The van der Waals surface area contributed by atoms with Gasteiger partial charge in [0.25, 0.3) is 0 Å². The van der Waals surface area contributed by atoms with Gasteiger partial charge >= 0.3 is 5.97 Å². The summed E-state index contributed by atoms with van der Waals surface area (Å²) in [6.07, 6.45) is 0.362. The van der Waals surface area contributed by atoms with E-state index in [2.05, 4.69) is 0 Å². The summed E-state index contributed by atoms with van der Waals surface area (Å²) < 4.78 is 10.7. The van der Waals surface area contributed by atoms with Crippen LogP contribution in [0, 0.1) is 16.7 Å². The van der Waals surface area contributed by atoms with Crippen molar-refractivity contribution in [3.63, 3.8) is 0 Å². The summed E-state index contributed by atoms with van der Waals surface area (Å²) in [6, 6.07) is 0. The van der Waals surface area contributed by atoms with Crippen LogP contribution in [0.25, 0.3) is 0 Å². The van der Waals surface area contributed by atoms with Gasteiger partial charge in [0.2, 0.25) is 6.29 Å². The van der Waals surface area contributed by atoms with Gasteiger partial charge in [0.15, 0.2) is 11.6 Å². The predicted molar refractivity (Wildman–Crippen MR) is 66.4 cm³/mol. The first-order valence-electron chi connectivity index (χ1n) is 6.97. The van der Waals surface area contributed by atoms with Crippen molar-refractivity contribution in [3.8, 4) is 0 Å². The molecular weight excluding hydrogens is 260 g/mol. The molecule has 106 valence electrons. The lowest BCUT2D eigenvalue weighted by atomic mass is 9.67. The highest BCUT2D eigenvalue weighted by atomic mass is 16.7. The van der Waals surface area contributed by atoms with E-state index in [9.17, 15) is 14.4 Å². The molecule has 2 fully saturated rings. The fourth-order valence-corrected chi connectivity index (χ4v) is 4.36. The number of esters is 1. The number of carbonyl (C=O) groups excluding carboxylic acids is 3. The molecular formula is C15H16O5. The third-order valence-corrected chi connectivity index (χ3v) is 5.09. The molecule has 2 saturated heterocycles. The lowest BCUT2D eigenvalue weighted by Gasteiger charge is -2.33. The molecule has 2 aliphatic carbocycles. The molecule has 20 heavy (non-hydrogen) atoms. The second kappa shape index (κ2) is 3.39. The minimum Gasteiger partial charge on any atom is -0.435 e. The second-order valence-corrected chi connectivity index (χ2v) is 7.08. The van der Waals surface area contributed by atoms with Gasteiger partial charge in [0, 0.05) is 17.6 Å². The molecule has 3 atom stereocenters. The molecule has 0 N–H and O–H groups in total. The highest BCUT2D eigenvalue weighted by Gasteiger charge is 2.69. The van der Waals surface area contributed by atoms with Gasteiger partial charge in [-0.2, -0.15) is 0 Å². The zero-order valence-corrected chi connectivity index (χ0v) is 11.5. The van der Waals surface area contributed by atoms with E-state index < -0.39 is 17.6 Å². The van der Waals surface area contributed by atoms with Crippen LogP contribution in [0.2, 0.25) is 0 Å². The molecule has 1 spiro atoms. The van der Waals surface area contributed by atoms with E-state index in [1.165, 1.54) is 0 Å². The molecule has 4 aliphatic rings. The minimum absolute atomic E-state index is 0.0121. The van der Waals surface area contributed by atoms with Gasteiger partial charge in [-0.1, -0.05) is 13.8 Å². The first kappa shape index (κ1) is 12.3. The third kappa shape index (κ3) is 1.24. The van der Waals surface area contributed by atoms with Crippen LogP contribution in [0.1, 0.15) is 33.1 Å². The largest absolute Gasteiger partial charge is 0.435 e. The van der Waals surface area contributed by atoms with Crippen LogP contribution < -0.4 is 0 Å². The molecule has 0 unspecified atom stereocenters. The normalized spacial score (nSPS) is 41.6. The number of rotatable bonds is 0. The summed E-state index contributed by atoms with van der Waals surface area (Å²) in [5.41, 5.74) is 0.153. The number of ether oxygens (including phenoxy) is 2. The molecule has 0 saturated carbocycles. The Kier molecular flexibility index (Phi) is 2.08. The Morgan fingerprint density at radius 3 is 2.60 bits per heavy atom. The Bertz CT molecular complexity index is 599. The summed E-state index contributed by atoms with van der Waals surface area (Å²) >= 11 is 0. The first-order chi connectivity index (χ1) is 9.35. The van der Waals surface area contributed by atoms with E-state index in [-0.39, 0.29) is 36.0 Å². The van der Waals surface area contributed by atoms with E-state index in [1.807, 2.05) is 13.8 Å². The summed E-state index contributed by atoms with van der Waals surface area (Å²) in [7, 11) is 0. The van der Waals surface area contributed by atoms with Gasteiger partial charge in [-0.05, 0) is 11.8 Å². The van der Waals surface area contributed by atoms with Crippen molar-refractivity contribution in [2.24, 2.45) is 16.7 Å². The Balaban J connectivity index is 1.91. The molecule has 0 radical (unpaired) electrons. The minimum atomic E-state index is -0.822.